The molecule has 1 atom stereocenters. The summed E-state index contributed by atoms with van der Waals surface area (Å²) in [7, 11) is 0. The fourth-order valence-corrected chi connectivity index (χ4v) is 5.13. The van der Waals surface area contributed by atoms with Gasteiger partial charge in [-0.15, -0.1) is 11.3 Å². The molecule has 0 bridgehead atoms. The van der Waals surface area contributed by atoms with Gasteiger partial charge < -0.3 is 10.5 Å². The van der Waals surface area contributed by atoms with Gasteiger partial charge in [0.15, 0.2) is 0 Å². The third-order valence-corrected chi connectivity index (χ3v) is 7.14. The predicted molar refractivity (Wildman–Crippen MR) is 126 cm³/mol. The lowest BCUT2D eigenvalue weighted by molar-refractivity contribution is 0.0781. The molecule has 2 aliphatic rings. The highest BCUT2D eigenvalue weighted by Gasteiger charge is 2.31. The number of hydrazine groups is 1. The fraction of sp³-hybridized carbons (Fsp3) is 0.292. The minimum Gasteiger partial charge on any atom is -0.383 e. The number of hydrogen-bond donors (Lipinski definition) is 2. The van der Waals surface area contributed by atoms with Crippen LogP contribution in [-0.4, -0.2) is 27.4 Å². The molecule has 2 aromatic heterocycles. The van der Waals surface area contributed by atoms with E-state index in [0.29, 0.717) is 35.8 Å². The summed E-state index contributed by atoms with van der Waals surface area (Å²) in [6.45, 7) is 2.78. The first kappa shape index (κ1) is 20.3. The van der Waals surface area contributed by atoms with Crippen LogP contribution in [0.1, 0.15) is 47.4 Å². The molecule has 1 fully saturated rings. The Morgan fingerprint density at radius 2 is 2.15 bits per heavy atom. The van der Waals surface area contributed by atoms with Gasteiger partial charge in [-0.1, -0.05) is 0 Å². The van der Waals surface area contributed by atoms with E-state index in [1.807, 2.05) is 25.1 Å². The zero-order chi connectivity index (χ0) is 22.7. The Morgan fingerprint density at radius 1 is 1.30 bits per heavy atom. The Hall–Kier alpha value is -3.30. The topological polar surface area (TPSA) is 93.4 Å². The molecule has 9 heteroatoms. The van der Waals surface area contributed by atoms with Crippen LogP contribution in [0.4, 0.5) is 15.9 Å². The van der Waals surface area contributed by atoms with Gasteiger partial charge in [-0.25, -0.2) is 14.4 Å². The van der Waals surface area contributed by atoms with E-state index in [0.717, 1.165) is 39.9 Å². The molecule has 4 aromatic rings. The second-order valence-electron chi connectivity index (χ2n) is 8.70. The summed E-state index contributed by atoms with van der Waals surface area (Å²) < 4.78 is 21.9. The van der Waals surface area contributed by atoms with E-state index in [4.69, 9.17) is 10.5 Å². The number of rotatable bonds is 5. The molecule has 168 valence electrons. The first-order valence-corrected chi connectivity index (χ1v) is 11.8. The number of fused-ring (bicyclic) bond motifs is 4. The normalized spacial score (nSPS) is 17.5. The number of amides is 1. The first-order chi connectivity index (χ1) is 16.0. The van der Waals surface area contributed by atoms with Crippen molar-refractivity contribution in [2.45, 2.75) is 32.5 Å². The largest absolute Gasteiger partial charge is 0.383 e. The molecule has 7 nitrogen and oxygen atoms in total. The number of anilines is 2. The monoisotopic (exact) mass is 463 g/mol. The number of carbonyl (C=O) groups is 1. The molecule has 33 heavy (non-hydrogen) atoms. The van der Waals surface area contributed by atoms with Crippen molar-refractivity contribution in [3.63, 3.8) is 0 Å². The fourth-order valence-electron chi connectivity index (χ4n) is 4.42. The minimum absolute atomic E-state index is 0.00263. The SMILES string of the molecule is C[C@H]1OCc2c1c(N)nc1cc(F)c(C(=O)N(CC3CC3)Nc3ccc4ncsc4c3)cc21. The molecule has 0 radical (unpaired) electrons. The van der Waals surface area contributed by atoms with Crippen LogP contribution in [0.3, 0.4) is 0 Å². The number of nitrogen functional groups attached to an aromatic ring is 1. The van der Waals surface area contributed by atoms with Gasteiger partial charge in [0.05, 0.1) is 45.2 Å². The zero-order valence-electron chi connectivity index (χ0n) is 18.0. The Labute approximate surface area is 193 Å². The third kappa shape index (κ3) is 3.57. The number of nitrogens with zero attached hydrogens (tertiary/aromatic N) is 3. The molecule has 1 aliphatic carbocycles. The van der Waals surface area contributed by atoms with E-state index >= 15 is 4.39 Å². The maximum absolute atomic E-state index is 15.2. The van der Waals surface area contributed by atoms with Crippen LogP contribution in [0.25, 0.3) is 21.1 Å². The van der Waals surface area contributed by atoms with Crippen molar-refractivity contribution in [3.8, 4) is 0 Å². The highest BCUT2D eigenvalue weighted by molar-refractivity contribution is 7.16. The molecule has 2 aromatic carbocycles. The van der Waals surface area contributed by atoms with Gasteiger partial charge in [-0.2, -0.15) is 0 Å². The van der Waals surface area contributed by atoms with Gasteiger partial charge in [-0.05, 0) is 55.5 Å². The number of nitrogens with one attached hydrogen (secondary N) is 1. The van der Waals surface area contributed by atoms with E-state index in [-0.39, 0.29) is 11.7 Å². The van der Waals surface area contributed by atoms with Crippen LogP contribution in [0.2, 0.25) is 0 Å². The Bertz CT molecular complexity index is 1420. The van der Waals surface area contributed by atoms with E-state index < -0.39 is 11.7 Å². The van der Waals surface area contributed by atoms with Crippen LogP contribution < -0.4 is 11.2 Å². The van der Waals surface area contributed by atoms with Crippen molar-refractivity contribution in [3.05, 3.63) is 58.3 Å². The number of benzene rings is 2. The van der Waals surface area contributed by atoms with Gasteiger partial charge >= 0.3 is 0 Å². The summed E-state index contributed by atoms with van der Waals surface area (Å²) in [5.74, 6) is -0.274. The molecule has 3 heterocycles. The molecule has 0 unspecified atom stereocenters. The summed E-state index contributed by atoms with van der Waals surface area (Å²) >= 11 is 1.53. The number of nitrogens with two attached hydrogens (primary N) is 1. The highest BCUT2D eigenvalue weighted by Crippen LogP contribution is 2.39. The van der Waals surface area contributed by atoms with E-state index in [1.54, 1.807) is 11.6 Å². The van der Waals surface area contributed by atoms with Crippen LogP contribution in [0.15, 0.2) is 35.8 Å². The quantitative estimate of drug-likeness (QED) is 0.403. The predicted octanol–water partition coefficient (Wildman–Crippen LogP) is 5.04. The van der Waals surface area contributed by atoms with Gasteiger partial charge in [-0.3, -0.25) is 15.2 Å². The smallest absolute Gasteiger partial charge is 0.275 e. The standard InChI is InChI=1S/C24H22FN5O2S/c1-12-22-17(10-32-12)15-7-16(18(25)8-20(15)28-23(22)26)24(31)30(9-13-2-3-13)29-14-4-5-19-21(6-14)33-11-27-19/h4-8,11-13,29H,2-3,9-10H2,1H3,(H2,26,28)/t12-/m1/s1. The molecule has 0 spiro atoms. The van der Waals surface area contributed by atoms with Crippen molar-refractivity contribution >= 4 is 49.9 Å². The summed E-state index contributed by atoms with van der Waals surface area (Å²) in [6, 6.07) is 8.62. The van der Waals surface area contributed by atoms with Crippen LogP contribution in [0, 0.1) is 11.7 Å². The molecular formula is C24H22FN5O2S. The maximum atomic E-state index is 15.2. The molecule has 0 saturated heterocycles. The van der Waals surface area contributed by atoms with Crippen LogP contribution in [0.5, 0.6) is 0 Å². The number of thiazole rings is 1. The zero-order valence-corrected chi connectivity index (χ0v) is 18.8. The van der Waals surface area contributed by atoms with Gasteiger partial charge in [0.2, 0.25) is 0 Å². The highest BCUT2D eigenvalue weighted by atomic mass is 32.1. The Morgan fingerprint density at radius 3 is 2.97 bits per heavy atom. The number of halogens is 1. The summed E-state index contributed by atoms with van der Waals surface area (Å²) in [4.78, 5) is 22.2. The summed E-state index contributed by atoms with van der Waals surface area (Å²) in [5.41, 5.74) is 14.9. The molecule has 1 amide bonds. The van der Waals surface area contributed by atoms with Gasteiger partial charge in [0.25, 0.3) is 5.91 Å². The number of pyridine rings is 1. The number of aromatic nitrogens is 2. The van der Waals surface area contributed by atoms with E-state index in [2.05, 4.69) is 15.4 Å². The number of hydrogen-bond acceptors (Lipinski definition) is 7. The maximum Gasteiger partial charge on any atom is 0.275 e. The molecule has 6 rings (SSSR count). The second-order valence-corrected chi connectivity index (χ2v) is 9.58. The van der Waals surface area contributed by atoms with Crippen LogP contribution in [-0.2, 0) is 11.3 Å². The van der Waals surface area contributed by atoms with Crippen molar-refractivity contribution in [2.24, 2.45) is 5.92 Å². The number of carbonyl (C=O) groups excluding carboxylic acids is 1. The first-order valence-electron chi connectivity index (χ1n) is 10.9. The van der Waals surface area contributed by atoms with E-state index in [9.17, 15) is 4.79 Å². The Kier molecular flexibility index (Phi) is 4.70. The lowest BCUT2D eigenvalue weighted by atomic mass is 9.99. The van der Waals surface area contributed by atoms with Crippen molar-refractivity contribution in [1.82, 2.24) is 15.0 Å². The third-order valence-electron chi connectivity index (χ3n) is 6.35. The Balaban J connectivity index is 1.39. The molecule has 3 N–H and O–H groups in total. The molecule has 1 saturated carbocycles. The van der Waals surface area contributed by atoms with Crippen LogP contribution >= 0.6 is 11.3 Å². The second kappa shape index (κ2) is 7.64. The summed E-state index contributed by atoms with van der Waals surface area (Å²) in [6.07, 6.45) is 1.94. The lowest BCUT2D eigenvalue weighted by Gasteiger charge is -2.25. The lowest BCUT2D eigenvalue weighted by Crippen LogP contribution is -2.38. The van der Waals surface area contributed by atoms with Gasteiger partial charge in [0, 0.05) is 23.6 Å². The minimum atomic E-state index is -0.619. The average molecular weight is 464 g/mol. The molecule has 1 aliphatic heterocycles. The van der Waals surface area contributed by atoms with Crippen molar-refractivity contribution in [2.75, 3.05) is 17.7 Å². The van der Waals surface area contributed by atoms with Gasteiger partial charge in [0.1, 0.15) is 11.6 Å². The molecular weight excluding hydrogens is 441 g/mol. The van der Waals surface area contributed by atoms with Crippen molar-refractivity contribution < 1.29 is 13.9 Å². The van der Waals surface area contributed by atoms with E-state index in [1.165, 1.54) is 22.4 Å². The van der Waals surface area contributed by atoms with Crippen molar-refractivity contribution in [1.29, 1.82) is 0 Å². The number of ether oxygens (including phenoxy) is 1. The summed E-state index contributed by atoms with van der Waals surface area (Å²) in [5, 5.41) is 2.22. The average Bonchev–Trinajstić information content (AvgIpc) is 3.33.